The van der Waals surface area contributed by atoms with Gasteiger partial charge in [0.1, 0.15) is 11.6 Å². The minimum absolute atomic E-state index is 0.114. The van der Waals surface area contributed by atoms with E-state index in [4.69, 9.17) is 10.9 Å². The fourth-order valence-corrected chi connectivity index (χ4v) is 1.56. The lowest BCUT2D eigenvalue weighted by molar-refractivity contribution is -0.105. The molecule has 0 saturated carbocycles. The number of oxime groups is 1. The molecule has 116 valence electrons. The van der Waals surface area contributed by atoms with Crippen LogP contribution in [0.1, 0.15) is 17.0 Å². The highest BCUT2D eigenvalue weighted by molar-refractivity contribution is 5.97. The third-order valence-electron chi connectivity index (χ3n) is 2.42. The van der Waals surface area contributed by atoms with E-state index in [1.807, 2.05) is 13.8 Å². The maximum absolute atomic E-state index is 12.1. The Morgan fingerprint density at radius 2 is 2.00 bits per heavy atom. The molecule has 2 aromatic heterocycles. The first-order valence-corrected chi connectivity index (χ1v) is 6.21. The molecule has 1 amide bonds. The average Bonchev–Trinajstić information content (AvgIpc) is 2.49. The zero-order valence-corrected chi connectivity index (χ0v) is 12.1. The summed E-state index contributed by atoms with van der Waals surface area (Å²) in [6.45, 7) is 3.72. The van der Waals surface area contributed by atoms with Crippen LogP contribution in [0.5, 0.6) is 0 Å². The van der Waals surface area contributed by atoms with Gasteiger partial charge in [0.15, 0.2) is 5.84 Å². The second kappa shape index (κ2) is 8.30. The molecule has 8 heteroatoms. The van der Waals surface area contributed by atoms with Crippen molar-refractivity contribution in [1.29, 1.82) is 0 Å². The number of nitrogens with two attached hydrogens (primary N) is 1. The second-order valence-corrected chi connectivity index (χ2v) is 4.25. The number of carbonyl (C=O) groups is 1. The van der Waals surface area contributed by atoms with E-state index in [2.05, 4.69) is 20.4 Å². The molecule has 0 fully saturated rings. The number of nitrogens with one attached hydrogen (secondary N) is 1. The van der Waals surface area contributed by atoms with Crippen LogP contribution in [0.4, 0.5) is 10.2 Å². The van der Waals surface area contributed by atoms with Crippen LogP contribution in [0.25, 0.3) is 0 Å². The molecule has 0 aliphatic heterocycles. The Morgan fingerprint density at radius 3 is 2.45 bits per heavy atom. The van der Waals surface area contributed by atoms with Gasteiger partial charge in [-0.3, -0.25) is 9.78 Å². The van der Waals surface area contributed by atoms with Crippen molar-refractivity contribution < 1.29 is 14.4 Å². The van der Waals surface area contributed by atoms with E-state index in [1.54, 1.807) is 12.1 Å². The van der Waals surface area contributed by atoms with Gasteiger partial charge < -0.3 is 16.3 Å². The molecule has 0 radical (unpaired) electrons. The lowest BCUT2D eigenvalue weighted by atomic mass is 10.2. The quantitative estimate of drug-likeness (QED) is 0.262. The van der Waals surface area contributed by atoms with Gasteiger partial charge in [-0.05, 0) is 38.1 Å². The van der Waals surface area contributed by atoms with Crippen molar-refractivity contribution in [3.05, 3.63) is 53.2 Å². The molecule has 0 aromatic carbocycles. The van der Waals surface area contributed by atoms with Gasteiger partial charge in [0.05, 0.1) is 6.20 Å². The zero-order chi connectivity index (χ0) is 16.5. The van der Waals surface area contributed by atoms with Crippen molar-refractivity contribution >= 4 is 18.1 Å². The van der Waals surface area contributed by atoms with Gasteiger partial charge in [0.25, 0.3) is 0 Å². The van der Waals surface area contributed by atoms with Gasteiger partial charge in [-0.2, -0.15) is 0 Å². The topological polar surface area (TPSA) is 113 Å². The Morgan fingerprint density at radius 1 is 1.36 bits per heavy atom. The third-order valence-corrected chi connectivity index (χ3v) is 2.42. The lowest BCUT2D eigenvalue weighted by Crippen LogP contribution is -2.13. The number of amides is 1. The molecule has 0 saturated heterocycles. The molecule has 0 unspecified atom stereocenters. The Bertz CT molecular complexity index is 639. The summed E-state index contributed by atoms with van der Waals surface area (Å²) in [4.78, 5) is 17.5. The number of rotatable bonds is 3. The Labute approximate surface area is 126 Å². The molecule has 0 bridgehead atoms. The summed E-state index contributed by atoms with van der Waals surface area (Å²) >= 11 is 0. The summed E-state index contributed by atoms with van der Waals surface area (Å²) in [5.41, 5.74) is 7.82. The number of amidine groups is 1. The first-order chi connectivity index (χ1) is 10.5. The van der Waals surface area contributed by atoms with Crippen molar-refractivity contribution in [2.75, 3.05) is 5.32 Å². The maximum Gasteiger partial charge on any atom is 0.212 e. The number of halogens is 1. The molecular weight excluding hydrogens is 289 g/mol. The highest BCUT2D eigenvalue weighted by atomic mass is 19.1. The van der Waals surface area contributed by atoms with Gasteiger partial charge >= 0.3 is 0 Å². The smallest absolute Gasteiger partial charge is 0.212 e. The molecule has 0 atom stereocenters. The van der Waals surface area contributed by atoms with E-state index in [9.17, 15) is 9.18 Å². The molecule has 2 aromatic rings. The highest BCUT2D eigenvalue weighted by Crippen LogP contribution is 2.04. The highest BCUT2D eigenvalue weighted by Gasteiger charge is 2.00. The zero-order valence-electron chi connectivity index (χ0n) is 12.1. The van der Waals surface area contributed by atoms with Crippen molar-refractivity contribution in [1.82, 2.24) is 9.97 Å². The van der Waals surface area contributed by atoms with Crippen LogP contribution in [-0.2, 0) is 4.79 Å². The first-order valence-electron chi connectivity index (χ1n) is 6.21. The van der Waals surface area contributed by atoms with E-state index in [1.165, 1.54) is 12.1 Å². The molecule has 2 heterocycles. The van der Waals surface area contributed by atoms with Gasteiger partial charge in [0.2, 0.25) is 6.41 Å². The van der Waals surface area contributed by atoms with Crippen molar-refractivity contribution in [2.45, 2.75) is 13.8 Å². The number of aromatic nitrogens is 2. The summed E-state index contributed by atoms with van der Waals surface area (Å²) in [7, 11) is 0. The first kappa shape index (κ1) is 17.0. The fourth-order valence-electron chi connectivity index (χ4n) is 1.56. The Balaban J connectivity index is 0.000000224. The average molecular weight is 305 g/mol. The number of anilines is 1. The number of aryl methyl sites for hydroxylation is 2. The monoisotopic (exact) mass is 305 g/mol. The number of hydrogen-bond donors (Lipinski definition) is 3. The van der Waals surface area contributed by atoms with Gasteiger partial charge in [-0.15, -0.1) is 0 Å². The number of hydrogen-bond acceptors (Lipinski definition) is 5. The van der Waals surface area contributed by atoms with Gasteiger partial charge in [-0.1, -0.05) is 5.16 Å². The normalized spacial score (nSPS) is 10.4. The Hall–Kier alpha value is -3.03. The summed E-state index contributed by atoms with van der Waals surface area (Å²) in [6.07, 6.45) is 1.52. The minimum Gasteiger partial charge on any atom is -0.409 e. The van der Waals surface area contributed by atoms with Crippen LogP contribution in [-0.4, -0.2) is 27.4 Å². The maximum atomic E-state index is 12.1. The van der Waals surface area contributed by atoms with Crippen LogP contribution in [0.3, 0.4) is 0 Å². The number of pyridine rings is 2. The molecule has 22 heavy (non-hydrogen) atoms. The molecule has 0 aliphatic carbocycles. The van der Waals surface area contributed by atoms with E-state index in [0.29, 0.717) is 17.8 Å². The van der Waals surface area contributed by atoms with Crippen LogP contribution >= 0.6 is 0 Å². The Kier molecular flexibility index (Phi) is 6.42. The minimum atomic E-state index is -0.420. The predicted molar refractivity (Wildman–Crippen MR) is 80.1 cm³/mol. The fraction of sp³-hybridized carbons (Fsp3) is 0.143. The van der Waals surface area contributed by atoms with Crippen LogP contribution in [0, 0.1) is 19.7 Å². The van der Waals surface area contributed by atoms with E-state index in [-0.39, 0.29) is 5.84 Å². The molecule has 0 spiro atoms. The standard InChI is InChI=1S/C8H11N3O.C6H5FN2O/c1-5-3-7(8(9)11-12)4-6(2)10-5;7-5-1-2-6(8-3-5)9-4-10/h3-4,12H,1-2H3,(H2,9,11);1-4H,(H,8,9,10). The van der Waals surface area contributed by atoms with Crippen molar-refractivity contribution in [2.24, 2.45) is 10.9 Å². The van der Waals surface area contributed by atoms with E-state index in [0.717, 1.165) is 17.6 Å². The molecular formula is C14H16FN5O2. The van der Waals surface area contributed by atoms with Crippen LogP contribution in [0.15, 0.2) is 35.6 Å². The van der Waals surface area contributed by atoms with Gasteiger partial charge in [0, 0.05) is 17.0 Å². The van der Waals surface area contributed by atoms with Crippen molar-refractivity contribution in [3.8, 4) is 0 Å². The number of nitrogens with zero attached hydrogens (tertiary/aromatic N) is 3. The van der Waals surface area contributed by atoms with Crippen LogP contribution in [0.2, 0.25) is 0 Å². The molecule has 0 aliphatic rings. The van der Waals surface area contributed by atoms with Crippen molar-refractivity contribution in [3.63, 3.8) is 0 Å². The van der Waals surface area contributed by atoms with Gasteiger partial charge in [-0.25, -0.2) is 9.37 Å². The van der Waals surface area contributed by atoms with E-state index < -0.39 is 5.82 Å². The molecule has 2 rings (SSSR count). The van der Waals surface area contributed by atoms with Crippen LogP contribution < -0.4 is 11.1 Å². The largest absolute Gasteiger partial charge is 0.409 e. The summed E-state index contributed by atoms with van der Waals surface area (Å²) in [5, 5.41) is 13.6. The second-order valence-electron chi connectivity index (χ2n) is 4.25. The summed E-state index contributed by atoms with van der Waals surface area (Å²) in [6, 6.07) is 6.13. The summed E-state index contributed by atoms with van der Waals surface area (Å²) in [5.74, 6) is 0.0384. The number of carbonyl (C=O) groups excluding carboxylic acids is 1. The summed E-state index contributed by atoms with van der Waals surface area (Å²) < 4.78 is 12.1. The lowest BCUT2D eigenvalue weighted by Gasteiger charge is -2.01. The molecule has 7 nitrogen and oxygen atoms in total. The third kappa shape index (κ3) is 5.53. The predicted octanol–water partition coefficient (Wildman–Crippen LogP) is 1.58. The SMILES string of the molecule is Cc1cc(/C(N)=N/O)cc(C)n1.O=CNc1ccc(F)cn1. The van der Waals surface area contributed by atoms with E-state index >= 15 is 0 Å². The molecule has 4 N–H and O–H groups in total.